The number of hydrogen-bond acceptors (Lipinski definition) is 6. The van der Waals surface area contributed by atoms with Crippen molar-refractivity contribution in [2.75, 3.05) is 6.61 Å². The van der Waals surface area contributed by atoms with Crippen LogP contribution in [0.4, 0.5) is 13.2 Å². The second kappa shape index (κ2) is 12.4. The zero-order chi connectivity index (χ0) is 30.7. The van der Waals surface area contributed by atoms with Crippen LogP contribution in [0.5, 0.6) is 5.75 Å². The summed E-state index contributed by atoms with van der Waals surface area (Å²) < 4.78 is 79.0. The lowest BCUT2D eigenvalue weighted by Crippen LogP contribution is -2.36. The highest BCUT2D eigenvalue weighted by atomic mass is 32.2. The Labute approximate surface area is 242 Å². The van der Waals surface area contributed by atoms with Gasteiger partial charge < -0.3 is 14.2 Å². The van der Waals surface area contributed by atoms with Gasteiger partial charge in [-0.15, -0.1) is 0 Å². The average molecular weight is 602 g/mol. The highest BCUT2D eigenvalue weighted by molar-refractivity contribution is 7.86. The first-order valence-electron chi connectivity index (χ1n) is 12.9. The number of hydrogen-bond donors (Lipinski definition) is 0. The molecule has 0 aliphatic carbocycles. The Morgan fingerprint density at radius 3 is 2.31 bits per heavy atom. The van der Waals surface area contributed by atoms with E-state index in [9.17, 15) is 26.4 Å². The molecule has 1 amide bonds. The van der Waals surface area contributed by atoms with Gasteiger partial charge in [-0.1, -0.05) is 35.9 Å². The molecule has 0 unspecified atom stereocenters. The smallest absolute Gasteiger partial charge is 0.423 e. The highest BCUT2D eigenvalue weighted by Crippen LogP contribution is 2.29. The molecule has 0 saturated carbocycles. The molecule has 0 aliphatic rings. The van der Waals surface area contributed by atoms with E-state index in [1.165, 1.54) is 60.9 Å². The third-order valence-electron chi connectivity index (χ3n) is 6.32. The van der Waals surface area contributed by atoms with Crippen LogP contribution in [0.1, 0.15) is 35.5 Å². The first kappa shape index (κ1) is 30.8. The third-order valence-corrected chi connectivity index (χ3v) is 7.59. The normalized spacial score (nSPS) is 12.0. The molecule has 0 N–H and O–H groups in total. The van der Waals surface area contributed by atoms with Gasteiger partial charge in [-0.05, 0) is 68.3 Å². The van der Waals surface area contributed by atoms with Crippen molar-refractivity contribution < 1.29 is 35.3 Å². The number of halogens is 3. The number of carbonyl (C=O) groups is 1. The third kappa shape index (κ3) is 7.56. The Hall–Kier alpha value is -4.16. The Balaban J connectivity index is 1.45. The predicted octanol–water partition coefficient (Wildman–Crippen LogP) is 5.96. The predicted molar refractivity (Wildman–Crippen MR) is 150 cm³/mol. The number of benzene rings is 3. The van der Waals surface area contributed by atoms with E-state index in [0.29, 0.717) is 16.8 Å². The summed E-state index contributed by atoms with van der Waals surface area (Å²) in [5.74, 6) is -1.09. The fourth-order valence-corrected chi connectivity index (χ4v) is 4.97. The first-order valence-corrected chi connectivity index (χ1v) is 14.4. The summed E-state index contributed by atoms with van der Waals surface area (Å²) in [6.45, 7) is 4.14. The Morgan fingerprint density at radius 2 is 1.71 bits per heavy atom. The van der Waals surface area contributed by atoms with Crippen molar-refractivity contribution in [2.45, 2.75) is 44.4 Å². The van der Waals surface area contributed by atoms with E-state index in [1.807, 2.05) is 13.8 Å². The lowest BCUT2D eigenvalue weighted by molar-refractivity contribution is -0.194. The quantitative estimate of drug-likeness (QED) is 0.197. The molecule has 0 atom stereocenters. The first-order chi connectivity index (χ1) is 19.7. The fourth-order valence-electron chi connectivity index (χ4n) is 4.07. The molecule has 42 heavy (non-hydrogen) atoms. The molecule has 1 aromatic heterocycles. The number of aryl methyl sites for hydroxylation is 2. The number of aromatic nitrogens is 2. The van der Waals surface area contributed by atoms with Crippen LogP contribution in [-0.4, -0.2) is 47.5 Å². The molecule has 0 radical (unpaired) electrons. The molecule has 0 fully saturated rings. The molecule has 0 bridgehead atoms. The number of carbonyl (C=O) groups excluding carboxylic acids is 1. The number of ether oxygens (including phenoxy) is 1. The molecule has 0 aliphatic heterocycles. The number of imidazole rings is 1. The van der Waals surface area contributed by atoms with Crippen LogP contribution in [0, 0.1) is 12.7 Å². The summed E-state index contributed by atoms with van der Waals surface area (Å²) >= 11 is 0. The summed E-state index contributed by atoms with van der Waals surface area (Å²) in [6, 6.07) is 15.1. The van der Waals surface area contributed by atoms with Crippen molar-refractivity contribution >= 4 is 16.0 Å². The van der Waals surface area contributed by atoms with E-state index in [0.717, 1.165) is 5.56 Å². The zero-order valence-electron chi connectivity index (χ0n) is 23.4. The van der Waals surface area contributed by atoms with Crippen LogP contribution < -0.4 is 4.74 Å². The number of rotatable bonds is 11. The molecule has 8 nitrogen and oxygen atoms in total. The summed E-state index contributed by atoms with van der Waals surface area (Å²) in [5.41, 5.74) is 2.33. The average Bonchev–Trinajstić information content (AvgIpc) is 3.38. The topological polar surface area (TPSA) is 90.7 Å². The molecule has 3 aromatic carbocycles. The van der Waals surface area contributed by atoms with Crippen molar-refractivity contribution in [1.82, 2.24) is 14.5 Å². The summed E-state index contributed by atoms with van der Waals surface area (Å²) in [7, 11) is -2.66. The molecule has 222 valence electrons. The van der Waals surface area contributed by atoms with E-state index in [1.54, 1.807) is 41.8 Å². The second-order valence-electron chi connectivity index (χ2n) is 10.1. The fraction of sp³-hybridized carbons (Fsp3) is 0.267. The van der Waals surface area contributed by atoms with E-state index >= 15 is 0 Å². The van der Waals surface area contributed by atoms with E-state index in [4.69, 9.17) is 0 Å². The minimum Gasteiger partial charge on any atom is -0.431 e. The van der Waals surface area contributed by atoms with Gasteiger partial charge in [0.15, 0.2) is 6.61 Å². The minimum atomic E-state index is -4.42. The van der Waals surface area contributed by atoms with Gasteiger partial charge in [-0.3, -0.25) is 8.98 Å². The zero-order valence-corrected chi connectivity index (χ0v) is 24.2. The van der Waals surface area contributed by atoms with Gasteiger partial charge in [0, 0.05) is 31.4 Å². The van der Waals surface area contributed by atoms with Crippen LogP contribution in [0.15, 0.2) is 84.1 Å². The van der Waals surface area contributed by atoms with Crippen LogP contribution in [-0.2, 0) is 27.9 Å². The minimum absolute atomic E-state index is 0.165. The molecular formula is C30H30F3N3O5S. The van der Waals surface area contributed by atoms with Crippen molar-refractivity contribution in [2.24, 2.45) is 7.05 Å². The molecule has 4 aromatic rings. The van der Waals surface area contributed by atoms with Crippen LogP contribution >= 0.6 is 0 Å². The van der Waals surface area contributed by atoms with Crippen molar-refractivity contribution in [3.05, 3.63) is 102 Å². The molecule has 4 rings (SSSR count). The number of nitrogens with zero attached hydrogens (tertiary/aromatic N) is 3. The summed E-state index contributed by atoms with van der Waals surface area (Å²) in [6.07, 6.45) is -0.813. The van der Waals surface area contributed by atoms with Crippen molar-refractivity contribution in [1.29, 1.82) is 0 Å². The maximum absolute atomic E-state index is 14.8. The van der Waals surface area contributed by atoms with Crippen LogP contribution in [0.25, 0.3) is 11.1 Å². The van der Waals surface area contributed by atoms with E-state index in [-0.39, 0.29) is 34.7 Å². The Morgan fingerprint density at radius 1 is 1.05 bits per heavy atom. The van der Waals surface area contributed by atoms with Gasteiger partial charge in [0.05, 0.1) is 11.2 Å². The van der Waals surface area contributed by atoms with Crippen LogP contribution in [0.2, 0.25) is 0 Å². The summed E-state index contributed by atoms with van der Waals surface area (Å²) in [4.78, 5) is 18.5. The highest BCUT2D eigenvalue weighted by Gasteiger charge is 2.35. The lowest BCUT2D eigenvalue weighted by Gasteiger charge is -2.26. The van der Waals surface area contributed by atoms with Gasteiger partial charge in [0.2, 0.25) is 0 Å². The van der Waals surface area contributed by atoms with Gasteiger partial charge >= 0.3 is 6.11 Å². The standard InChI is InChI=1S/C30H30F3N3O5S/c1-20(2)36(29(37)28-17-35(4)19-34-28)16-22-7-14-27(31)26(15-22)23-8-10-24(11-9-23)41-30(32,33)18-40-42(38,39)25-12-5-21(3)6-13-25/h5-15,17,19-20H,16,18H2,1-4H3. The largest absolute Gasteiger partial charge is 0.431 e. The van der Waals surface area contributed by atoms with Gasteiger partial charge in [-0.2, -0.15) is 17.2 Å². The lowest BCUT2D eigenvalue weighted by atomic mass is 10.0. The van der Waals surface area contributed by atoms with Gasteiger partial charge in [-0.25, -0.2) is 9.37 Å². The van der Waals surface area contributed by atoms with Crippen LogP contribution in [0.3, 0.4) is 0 Å². The van der Waals surface area contributed by atoms with Crippen molar-refractivity contribution in [3.63, 3.8) is 0 Å². The van der Waals surface area contributed by atoms with Gasteiger partial charge in [0.1, 0.15) is 17.3 Å². The molecule has 0 saturated heterocycles. The maximum Gasteiger partial charge on any atom is 0.423 e. The Bertz CT molecular complexity index is 1650. The Kier molecular flexibility index (Phi) is 9.07. The second-order valence-corrected chi connectivity index (χ2v) is 11.7. The molecule has 1 heterocycles. The maximum atomic E-state index is 14.8. The van der Waals surface area contributed by atoms with Crippen molar-refractivity contribution in [3.8, 4) is 16.9 Å². The summed E-state index contributed by atoms with van der Waals surface area (Å²) in [5, 5.41) is 0. The monoisotopic (exact) mass is 601 g/mol. The molecule has 0 spiro atoms. The van der Waals surface area contributed by atoms with Gasteiger partial charge in [0.25, 0.3) is 16.0 Å². The molecular weight excluding hydrogens is 571 g/mol. The number of amides is 1. The molecule has 12 heteroatoms. The number of alkyl halides is 2. The van der Waals surface area contributed by atoms with E-state index < -0.39 is 28.7 Å². The SMILES string of the molecule is Cc1ccc(S(=O)(=O)OCC(F)(F)Oc2ccc(-c3cc(CN(C(=O)c4cn(C)cn4)C(C)C)ccc3F)cc2)cc1. The van der Waals surface area contributed by atoms with E-state index in [2.05, 4.69) is 13.9 Å².